The van der Waals surface area contributed by atoms with Crippen molar-refractivity contribution in [2.75, 3.05) is 12.4 Å². The molecule has 5 nitrogen and oxygen atoms in total. The Bertz CT molecular complexity index is 863. The minimum Gasteiger partial charge on any atom is -0.495 e. The van der Waals surface area contributed by atoms with E-state index in [0.29, 0.717) is 17.1 Å². The molecule has 0 aliphatic heterocycles. The fraction of sp³-hybridized carbons (Fsp3) is 0.0526. The second-order valence-corrected chi connectivity index (χ2v) is 5.18. The molecule has 0 bridgehead atoms. The Morgan fingerprint density at radius 1 is 0.875 bits per heavy atom. The fourth-order valence-electron chi connectivity index (χ4n) is 2.50. The van der Waals surface area contributed by atoms with Gasteiger partial charge in [0.15, 0.2) is 0 Å². The molecule has 0 saturated heterocycles. The summed E-state index contributed by atoms with van der Waals surface area (Å²) in [6, 6.07) is 22.2. The molecule has 0 amide bonds. The lowest BCUT2D eigenvalue weighted by molar-refractivity contribution is -0.383. The Kier molecular flexibility index (Phi) is 4.43. The zero-order valence-corrected chi connectivity index (χ0v) is 13.1. The van der Waals surface area contributed by atoms with Crippen LogP contribution in [0.5, 0.6) is 5.75 Å². The summed E-state index contributed by atoms with van der Waals surface area (Å²) in [4.78, 5) is 10.8. The fourth-order valence-corrected chi connectivity index (χ4v) is 2.50. The van der Waals surface area contributed by atoms with E-state index in [9.17, 15) is 10.1 Å². The van der Waals surface area contributed by atoms with Gasteiger partial charge in [-0.3, -0.25) is 10.1 Å². The van der Waals surface area contributed by atoms with Crippen molar-refractivity contribution in [1.82, 2.24) is 0 Å². The summed E-state index contributed by atoms with van der Waals surface area (Å²) in [6.45, 7) is 0. The largest absolute Gasteiger partial charge is 0.495 e. The van der Waals surface area contributed by atoms with Gasteiger partial charge in [-0.1, -0.05) is 48.5 Å². The van der Waals surface area contributed by atoms with Crippen LogP contribution in [0.25, 0.3) is 11.1 Å². The molecule has 0 spiro atoms. The van der Waals surface area contributed by atoms with Crippen LogP contribution in [0.2, 0.25) is 0 Å². The highest BCUT2D eigenvalue weighted by atomic mass is 16.6. The van der Waals surface area contributed by atoms with Gasteiger partial charge in [-0.2, -0.15) is 0 Å². The second-order valence-electron chi connectivity index (χ2n) is 5.18. The average molecular weight is 320 g/mol. The Morgan fingerprint density at radius 3 is 2.29 bits per heavy atom. The first-order valence-corrected chi connectivity index (χ1v) is 7.43. The van der Waals surface area contributed by atoms with Crippen LogP contribution in [0.4, 0.5) is 17.1 Å². The Labute approximate surface area is 139 Å². The van der Waals surface area contributed by atoms with Crippen LogP contribution >= 0.6 is 0 Å². The maximum Gasteiger partial charge on any atom is 0.292 e. The number of methoxy groups -OCH3 is 1. The summed E-state index contributed by atoms with van der Waals surface area (Å²) < 4.78 is 5.38. The molecule has 3 rings (SSSR count). The van der Waals surface area contributed by atoms with Crippen LogP contribution < -0.4 is 10.1 Å². The minimum atomic E-state index is -0.407. The Morgan fingerprint density at radius 2 is 1.58 bits per heavy atom. The highest BCUT2D eigenvalue weighted by Crippen LogP contribution is 2.35. The maximum atomic E-state index is 11.2. The van der Waals surface area contributed by atoms with Crippen LogP contribution in [0.1, 0.15) is 0 Å². The number of nitro benzene ring substituents is 1. The number of anilines is 2. The lowest BCUT2D eigenvalue weighted by Gasteiger charge is -2.13. The van der Waals surface area contributed by atoms with Crippen LogP contribution in [0.3, 0.4) is 0 Å². The van der Waals surface area contributed by atoms with Crippen molar-refractivity contribution in [3.63, 3.8) is 0 Å². The first-order valence-electron chi connectivity index (χ1n) is 7.43. The molecular formula is C19H16N2O3. The van der Waals surface area contributed by atoms with Gasteiger partial charge in [0.05, 0.1) is 17.7 Å². The molecule has 3 aromatic rings. The first-order chi connectivity index (χ1) is 11.7. The van der Waals surface area contributed by atoms with Gasteiger partial charge in [0.1, 0.15) is 11.4 Å². The predicted molar refractivity (Wildman–Crippen MR) is 94.8 cm³/mol. The van der Waals surface area contributed by atoms with Crippen LogP contribution in [0.15, 0.2) is 72.8 Å². The number of ether oxygens (including phenoxy) is 1. The number of rotatable bonds is 5. The molecule has 0 aliphatic rings. The van der Waals surface area contributed by atoms with Crippen molar-refractivity contribution < 1.29 is 9.66 Å². The van der Waals surface area contributed by atoms with Crippen molar-refractivity contribution in [1.29, 1.82) is 0 Å². The molecule has 120 valence electrons. The normalized spacial score (nSPS) is 10.2. The van der Waals surface area contributed by atoms with Gasteiger partial charge in [0, 0.05) is 6.07 Å². The quantitative estimate of drug-likeness (QED) is 0.530. The molecule has 0 aliphatic carbocycles. The molecule has 3 aromatic carbocycles. The standard InChI is InChI=1S/C19H16N2O3/c1-24-19-12-11-15(14-7-3-2-4-8-14)13-17(19)20-16-9-5-6-10-18(16)21(22)23/h2-13,20H,1H3. The molecule has 0 fully saturated rings. The van der Waals surface area contributed by atoms with E-state index in [0.717, 1.165) is 11.1 Å². The van der Waals surface area contributed by atoms with Gasteiger partial charge >= 0.3 is 0 Å². The van der Waals surface area contributed by atoms with Gasteiger partial charge in [-0.05, 0) is 29.3 Å². The number of nitro groups is 1. The van der Waals surface area contributed by atoms with Crippen molar-refractivity contribution in [3.8, 4) is 16.9 Å². The molecule has 0 unspecified atom stereocenters. The lowest BCUT2D eigenvalue weighted by Crippen LogP contribution is -1.99. The average Bonchev–Trinajstić information content (AvgIpc) is 2.62. The summed E-state index contributed by atoms with van der Waals surface area (Å²) in [7, 11) is 1.57. The molecule has 0 atom stereocenters. The highest BCUT2D eigenvalue weighted by Gasteiger charge is 2.14. The van der Waals surface area contributed by atoms with E-state index >= 15 is 0 Å². The SMILES string of the molecule is COc1ccc(-c2ccccc2)cc1Nc1ccccc1[N+](=O)[O-]. The zero-order chi connectivity index (χ0) is 16.9. The number of hydrogen-bond donors (Lipinski definition) is 1. The van der Waals surface area contributed by atoms with E-state index in [1.54, 1.807) is 25.3 Å². The van der Waals surface area contributed by atoms with E-state index in [4.69, 9.17) is 4.74 Å². The number of benzene rings is 3. The van der Waals surface area contributed by atoms with E-state index in [-0.39, 0.29) is 5.69 Å². The topological polar surface area (TPSA) is 64.4 Å². The molecule has 5 heteroatoms. The third-order valence-electron chi connectivity index (χ3n) is 3.68. The molecule has 24 heavy (non-hydrogen) atoms. The second kappa shape index (κ2) is 6.83. The van der Waals surface area contributed by atoms with E-state index < -0.39 is 4.92 Å². The number of hydrogen-bond acceptors (Lipinski definition) is 4. The number of nitrogens with zero attached hydrogens (tertiary/aromatic N) is 1. The summed E-state index contributed by atoms with van der Waals surface area (Å²) in [5.74, 6) is 0.618. The smallest absolute Gasteiger partial charge is 0.292 e. The van der Waals surface area contributed by atoms with Crippen LogP contribution in [-0.4, -0.2) is 12.0 Å². The van der Waals surface area contributed by atoms with Crippen molar-refractivity contribution in [2.45, 2.75) is 0 Å². The lowest BCUT2D eigenvalue weighted by atomic mass is 10.0. The zero-order valence-electron chi connectivity index (χ0n) is 13.1. The molecule has 1 N–H and O–H groups in total. The van der Waals surface area contributed by atoms with E-state index in [2.05, 4.69) is 5.32 Å². The molecule has 0 heterocycles. The summed E-state index contributed by atoms with van der Waals surface area (Å²) in [6.07, 6.45) is 0. The van der Waals surface area contributed by atoms with Crippen LogP contribution in [0, 0.1) is 10.1 Å². The highest BCUT2D eigenvalue weighted by molar-refractivity contribution is 5.78. The van der Waals surface area contributed by atoms with Crippen molar-refractivity contribution in [3.05, 3.63) is 82.9 Å². The van der Waals surface area contributed by atoms with Crippen molar-refractivity contribution >= 4 is 17.1 Å². The molecule has 0 saturated carbocycles. The number of nitrogens with one attached hydrogen (secondary N) is 1. The molecular weight excluding hydrogens is 304 g/mol. The Balaban J connectivity index is 2.02. The van der Waals surface area contributed by atoms with Gasteiger partial charge in [-0.25, -0.2) is 0 Å². The maximum absolute atomic E-state index is 11.2. The molecule has 0 aromatic heterocycles. The van der Waals surface area contributed by atoms with E-state index in [1.165, 1.54) is 6.07 Å². The van der Waals surface area contributed by atoms with Gasteiger partial charge in [-0.15, -0.1) is 0 Å². The monoisotopic (exact) mass is 320 g/mol. The van der Waals surface area contributed by atoms with Gasteiger partial charge < -0.3 is 10.1 Å². The Hall–Kier alpha value is -3.34. The summed E-state index contributed by atoms with van der Waals surface area (Å²) in [5.41, 5.74) is 3.17. The first kappa shape index (κ1) is 15.6. The summed E-state index contributed by atoms with van der Waals surface area (Å²) >= 11 is 0. The van der Waals surface area contributed by atoms with E-state index in [1.807, 2.05) is 48.5 Å². The third-order valence-corrected chi connectivity index (χ3v) is 3.68. The van der Waals surface area contributed by atoms with Crippen LogP contribution in [-0.2, 0) is 0 Å². The number of para-hydroxylation sites is 2. The van der Waals surface area contributed by atoms with Crippen molar-refractivity contribution in [2.24, 2.45) is 0 Å². The third kappa shape index (κ3) is 3.20. The van der Waals surface area contributed by atoms with Gasteiger partial charge in [0.25, 0.3) is 5.69 Å². The molecule has 0 radical (unpaired) electrons. The summed E-state index contributed by atoms with van der Waals surface area (Å²) in [5, 5.41) is 14.3. The van der Waals surface area contributed by atoms with Gasteiger partial charge in [0.2, 0.25) is 0 Å². The predicted octanol–water partition coefficient (Wildman–Crippen LogP) is 5.01. The minimum absolute atomic E-state index is 0.0182.